The fourth-order valence-corrected chi connectivity index (χ4v) is 3.00. The third-order valence-electron chi connectivity index (χ3n) is 4.82. The lowest BCUT2D eigenvalue weighted by molar-refractivity contribution is -0.123. The number of aryl methyl sites for hydroxylation is 2. The van der Waals surface area contributed by atoms with E-state index in [9.17, 15) is 9.59 Å². The van der Waals surface area contributed by atoms with Gasteiger partial charge in [-0.2, -0.15) is 0 Å². The van der Waals surface area contributed by atoms with Crippen LogP contribution in [-0.2, 0) is 11.3 Å². The lowest BCUT2D eigenvalue weighted by Gasteiger charge is -2.14. The van der Waals surface area contributed by atoms with E-state index in [2.05, 4.69) is 15.6 Å². The van der Waals surface area contributed by atoms with Gasteiger partial charge in [-0.05, 0) is 67.3 Å². The number of nitrogens with one attached hydrogen (secondary N) is 2. The minimum absolute atomic E-state index is 0.0530. The van der Waals surface area contributed by atoms with E-state index in [-0.39, 0.29) is 18.4 Å². The molecule has 0 aliphatic rings. The summed E-state index contributed by atoms with van der Waals surface area (Å²) in [7, 11) is 0. The number of benzene rings is 2. The molecule has 2 aromatic carbocycles. The van der Waals surface area contributed by atoms with Crippen LogP contribution >= 0.6 is 0 Å². The topological polar surface area (TPSA) is 80.3 Å². The number of ether oxygens (including phenoxy) is 1. The highest BCUT2D eigenvalue weighted by atomic mass is 16.5. The Balaban J connectivity index is 1.53. The third kappa shape index (κ3) is 5.44. The SMILES string of the molecule is Cc1ccc(C)c(OCC(=O)NCc2cccc(NC(=O)c3cccnc3)c2)c1C. The molecule has 0 spiro atoms. The summed E-state index contributed by atoms with van der Waals surface area (Å²) in [5.74, 6) is 0.312. The maximum Gasteiger partial charge on any atom is 0.258 e. The zero-order chi connectivity index (χ0) is 21.5. The van der Waals surface area contributed by atoms with E-state index in [1.807, 2.05) is 51.1 Å². The van der Waals surface area contributed by atoms with Gasteiger partial charge in [0.15, 0.2) is 6.61 Å². The van der Waals surface area contributed by atoms with Crippen molar-refractivity contribution in [3.05, 3.63) is 88.7 Å². The van der Waals surface area contributed by atoms with Crippen LogP contribution < -0.4 is 15.4 Å². The molecule has 6 nitrogen and oxygen atoms in total. The van der Waals surface area contributed by atoms with Crippen LogP contribution in [0.15, 0.2) is 60.9 Å². The molecule has 6 heteroatoms. The number of carbonyl (C=O) groups is 2. The molecule has 0 saturated heterocycles. The molecule has 0 fully saturated rings. The number of hydrogen-bond acceptors (Lipinski definition) is 4. The Morgan fingerprint density at radius 2 is 1.80 bits per heavy atom. The Bertz CT molecular complexity index is 1050. The van der Waals surface area contributed by atoms with Crippen molar-refractivity contribution in [1.29, 1.82) is 0 Å². The second-order valence-electron chi connectivity index (χ2n) is 7.12. The maximum absolute atomic E-state index is 12.3. The van der Waals surface area contributed by atoms with Crippen molar-refractivity contribution >= 4 is 17.5 Å². The number of anilines is 1. The highest BCUT2D eigenvalue weighted by molar-refractivity contribution is 6.04. The summed E-state index contributed by atoms with van der Waals surface area (Å²) in [6, 6.07) is 14.8. The van der Waals surface area contributed by atoms with Gasteiger partial charge < -0.3 is 15.4 Å². The summed E-state index contributed by atoms with van der Waals surface area (Å²) >= 11 is 0. The summed E-state index contributed by atoms with van der Waals surface area (Å²) in [4.78, 5) is 28.4. The first kappa shape index (κ1) is 21.0. The van der Waals surface area contributed by atoms with Crippen molar-refractivity contribution in [3.63, 3.8) is 0 Å². The van der Waals surface area contributed by atoms with Crippen molar-refractivity contribution in [3.8, 4) is 5.75 Å². The quantitative estimate of drug-likeness (QED) is 0.626. The van der Waals surface area contributed by atoms with Crippen LogP contribution in [0.1, 0.15) is 32.6 Å². The molecule has 0 bridgehead atoms. The first-order valence-corrected chi connectivity index (χ1v) is 9.70. The van der Waals surface area contributed by atoms with E-state index in [1.165, 1.54) is 6.20 Å². The molecule has 0 aliphatic heterocycles. The van der Waals surface area contributed by atoms with Crippen LogP contribution in [0.3, 0.4) is 0 Å². The van der Waals surface area contributed by atoms with Gasteiger partial charge >= 0.3 is 0 Å². The Morgan fingerprint density at radius 3 is 2.57 bits per heavy atom. The number of nitrogens with zero attached hydrogens (tertiary/aromatic N) is 1. The first-order valence-electron chi connectivity index (χ1n) is 9.70. The van der Waals surface area contributed by atoms with Crippen molar-refractivity contribution in [2.24, 2.45) is 0 Å². The summed E-state index contributed by atoms with van der Waals surface area (Å²) in [5.41, 5.74) is 5.17. The molecule has 1 heterocycles. The molecule has 0 saturated carbocycles. The molecule has 0 radical (unpaired) electrons. The Hall–Kier alpha value is -3.67. The van der Waals surface area contributed by atoms with Crippen molar-refractivity contribution < 1.29 is 14.3 Å². The zero-order valence-corrected chi connectivity index (χ0v) is 17.4. The van der Waals surface area contributed by atoms with Crippen LogP contribution in [0.2, 0.25) is 0 Å². The molecule has 0 unspecified atom stereocenters. The highest BCUT2D eigenvalue weighted by Gasteiger charge is 2.10. The molecular formula is C24H25N3O3. The Labute approximate surface area is 176 Å². The van der Waals surface area contributed by atoms with E-state index in [0.29, 0.717) is 17.8 Å². The van der Waals surface area contributed by atoms with E-state index >= 15 is 0 Å². The molecule has 2 N–H and O–H groups in total. The molecular weight excluding hydrogens is 378 g/mol. The first-order chi connectivity index (χ1) is 14.4. The monoisotopic (exact) mass is 403 g/mol. The number of aromatic nitrogens is 1. The Morgan fingerprint density at radius 1 is 1.00 bits per heavy atom. The van der Waals surface area contributed by atoms with Gasteiger partial charge in [-0.1, -0.05) is 24.3 Å². The van der Waals surface area contributed by atoms with Gasteiger partial charge in [-0.15, -0.1) is 0 Å². The summed E-state index contributed by atoms with van der Waals surface area (Å²) in [6.45, 7) is 6.25. The van der Waals surface area contributed by atoms with Crippen LogP contribution in [0.5, 0.6) is 5.75 Å². The van der Waals surface area contributed by atoms with Crippen LogP contribution in [0.4, 0.5) is 5.69 Å². The van der Waals surface area contributed by atoms with E-state index in [1.54, 1.807) is 24.4 Å². The normalized spacial score (nSPS) is 10.4. The average Bonchev–Trinajstić information content (AvgIpc) is 2.76. The predicted octanol–water partition coefficient (Wildman–Crippen LogP) is 3.95. The van der Waals surface area contributed by atoms with Crippen molar-refractivity contribution in [2.75, 3.05) is 11.9 Å². The second-order valence-corrected chi connectivity index (χ2v) is 7.12. The molecule has 1 aromatic heterocycles. The van der Waals surface area contributed by atoms with Crippen LogP contribution in [0.25, 0.3) is 0 Å². The lowest BCUT2D eigenvalue weighted by atomic mass is 10.1. The number of hydrogen-bond donors (Lipinski definition) is 2. The number of pyridine rings is 1. The lowest BCUT2D eigenvalue weighted by Crippen LogP contribution is -2.28. The molecule has 154 valence electrons. The highest BCUT2D eigenvalue weighted by Crippen LogP contribution is 2.25. The van der Waals surface area contributed by atoms with Gasteiger partial charge in [0, 0.05) is 24.6 Å². The Kier molecular flexibility index (Phi) is 6.80. The van der Waals surface area contributed by atoms with Crippen LogP contribution in [0, 0.1) is 20.8 Å². The molecule has 0 aliphatic carbocycles. The fraction of sp³-hybridized carbons (Fsp3) is 0.208. The molecule has 3 aromatic rings. The van der Waals surface area contributed by atoms with Crippen LogP contribution in [-0.4, -0.2) is 23.4 Å². The fourth-order valence-electron chi connectivity index (χ4n) is 3.00. The van der Waals surface area contributed by atoms with Gasteiger partial charge in [0.1, 0.15) is 5.75 Å². The minimum Gasteiger partial charge on any atom is -0.483 e. The van der Waals surface area contributed by atoms with Gasteiger partial charge in [0.2, 0.25) is 0 Å². The number of rotatable bonds is 7. The number of carbonyl (C=O) groups excluding carboxylic acids is 2. The van der Waals surface area contributed by atoms with Crippen molar-refractivity contribution in [1.82, 2.24) is 10.3 Å². The summed E-state index contributed by atoms with van der Waals surface area (Å²) in [5, 5.41) is 5.68. The molecule has 2 amide bonds. The maximum atomic E-state index is 12.3. The summed E-state index contributed by atoms with van der Waals surface area (Å²) < 4.78 is 5.75. The second kappa shape index (κ2) is 9.69. The smallest absolute Gasteiger partial charge is 0.258 e. The van der Waals surface area contributed by atoms with Gasteiger partial charge in [-0.25, -0.2) is 0 Å². The standard InChI is InChI=1S/C24H25N3O3/c1-16-9-10-17(2)23(18(16)3)30-15-22(28)26-13-19-6-4-8-21(12-19)27-24(29)20-7-5-11-25-14-20/h4-12,14H,13,15H2,1-3H3,(H,26,28)(H,27,29). The molecule has 30 heavy (non-hydrogen) atoms. The average molecular weight is 403 g/mol. The minimum atomic E-state index is -0.235. The van der Waals surface area contributed by atoms with Gasteiger partial charge in [0.05, 0.1) is 5.56 Å². The largest absolute Gasteiger partial charge is 0.483 e. The summed E-state index contributed by atoms with van der Waals surface area (Å²) in [6.07, 6.45) is 3.13. The van der Waals surface area contributed by atoms with Gasteiger partial charge in [0.25, 0.3) is 11.8 Å². The van der Waals surface area contributed by atoms with Gasteiger partial charge in [-0.3, -0.25) is 14.6 Å². The molecule has 0 atom stereocenters. The third-order valence-corrected chi connectivity index (χ3v) is 4.82. The zero-order valence-electron chi connectivity index (χ0n) is 17.4. The van der Waals surface area contributed by atoms with Crippen molar-refractivity contribution in [2.45, 2.75) is 27.3 Å². The molecule has 3 rings (SSSR count). The number of amides is 2. The van der Waals surface area contributed by atoms with E-state index in [4.69, 9.17) is 4.74 Å². The predicted molar refractivity (Wildman–Crippen MR) is 117 cm³/mol. The van der Waals surface area contributed by atoms with E-state index in [0.717, 1.165) is 28.0 Å². The van der Waals surface area contributed by atoms with E-state index < -0.39 is 0 Å².